The van der Waals surface area contributed by atoms with Crippen LogP contribution in [0.2, 0.25) is 0 Å². The molecule has 0 saturated heterocycles. The Morgan fingerprint density at radius 2 is 1.94 bits per heavy atom. The number of nitrogens with one attached hydrogen (secondary N) is 1. The van der Waals surface area contributed by atoms with E-state index in [1.165, 1.54) is 16.4 Å². The average molecular weight is 434 g/mol. The Labute approximate surface area is 186 Å². The molecule has 4 rings (SSSR count). The van der Waals surface area contributed by atoms with Gasteiger partial charge in [-0.25, -0.2) is 19.3 Å². The third-order valence-electron chi connectivity index (χ3n) is 5.41. The minimum absolute atomic E-state index is 0.138. The van der Waals surface area contributed by atoms with Crippen molar-refractivity contribution in [3.05, 3.63) is 65.0 Å². The van der Waals surface area contributed by atoms with Gasteiger partial charge < -0.3 is 15.2 Å². The first-order chi connectivity index (χ1) is 15.1. The quantitative estimate of drug-likeness (QED) is 0.628. The normalized spacial score (nSPS) is 15.3. The van der Waals surface area contributed by atoms with Crippen LogP contribution in [0.5, 0.6) is 0 Å². The van der Waals surface area contributed by atoms with E-state index in [2.05, 4.69) is 16.5 Å². The number of hydrogen-bond donors (Lipinski definition) is 2. The molecule has 32 heavy (non-hydrogen) atoms. The molecule has 166 valence electrons. The standard InChI is InChI=1S/C24H26N4O4/c1-14-17(22(29)30)13-25-28(14)20-10-6-9-18(26-20)16-8-5-7-15-11-12-19(21(15)16)27-23(31)32-24(2,3)4/h5-10,13,19H,11-12H2,1-4H3,(H,27,31)(H,29,30). The Morgan fingerprint density at radius 3 is 2.62 bits per heavy atom. The largest absolute Gasteiger partial charge is 0.478 e. The third-order valence-corrected chi connectivity index (χ3v) is 5.41. The van der Waals surface area contributed by atoms with Gasteiger partial charge in [0.15, 0.2) is 5.82 Å². The van der Waals surface area contributed by atoms with Crippen molar-refractivity contribution in [3.8, 4) is 17.1 Å². The first-order valence-electron chi connectivity index (χ1n) is 10.5. The third kappa shape index (κ3) is 4.21. The molecule has 1 aliphatic carbocycles. The predicted molar refractivity (Wildman–Crippen MR) is 119 cm³/mol. The van der Waals surface area contributed by atoms with E-state index in [-0.39, 0.29) is 11.6 Å². The summed E-state index contributed by atoms with van der Waals surface area (Å²) >= 11 is 0. The number of nitrogens with zero attached hydrogens (tertiary/aromatic N) is 3. The molecule has 8 heteroatoms. The number of fused-ring (bicyclic) bond motifs is 1. The molecule has 0 saturated carbocycles. The molecule has 0 fully saturated rings. The van der Waals surface area contributed by atoms with Gasteiger partial charge in [0.05, 0.1) is 23.6 Å². The van der Waals surface area contributed by atoms with Crippen LogP contribution < -0.4 is 5.32 Å². The molecule has 1 aliphatic rings. The molecule has 8 nitrogen and oxygen atoms in total. The smallest absolute Gasteiger partial charge is 0.408 e. The molecule has 2 heterocycles. The zero-order valence-electron chi connectivity index (χ0n) is 18.5. The lowest BCUT2D eigenvalue weighted by atomic mass is 9.98. The number of carboxylic acids is 1. The summed E-state index contributed by atoms with van der Waals surface area (Å²) in [5, 5.41) is 16.5. The number of rotatable bonds is 4. The van der Waals surface area contributed by atoms with Crippen LogP contribution in [0.3, 0.4) is 0 Å². The number of aromatic carboxylic acids is 1. The molecule has 2 N–H and O–H groups in total. The number of aryl methyl sites for hydroxylation is 1. The molecule has 0 aliphatic heterocycles. The number of aromatic nitrogens is 3. The number of pyridine rings is 1. The first-order valence-corrected chi connectivity index (χ1v) is 10.5. The van der Waals surface area contributed by atoms with E-state index >= 15 is 0 Å². The minimum atomic E-state index is -1.03. The summed E-state index contributed by atoms with van der Waals surface area (Å²) in [7, 11) is 0. The van der Waals surface area contributed by atoms with Gasteiger partial charge in [-0.1, -0.05) is 24.3 Å². The highest BCUT2D eigenvalue weighted by molar-refractivity contribution is 5.88. The van der Waals surface area contributed by atoms with Crippen molar-refractivity contribution in [1.82, 2.24) is 20.1 Å². The molecule has 1 unspecified atom stereocenters. The second-order valence-electron chi connectivity index (χ2n) is 8.86. The maximum absolute atomic E-state index is 12.4. The highest BCUT2D eigenvalue weighted by Gasteiger charge is 2.29. The van der Waals surface area contributed by atoms with Gasteiger partial charge in [-0.3, -0.25) is 0 Å². The fraction of sp³-hybridized carbons (Fsp3) is 0.333. The second kappa shape index (κ2) is 8.11. The molecule has 1 amide bonds. The molecular formula is C24H26N4O4. The summed E-state index contributed by atoms with van der Waals surface area (Å²) in [6.45, 7) is 7.21. The topological polar surface area (TPSA) is 106 Å². The Kier molecular flexibility index (Phi) is 5.46. The van der Waals surface area contributed by atoms with Gasteiger partial charge in [0.2, 0.25) is 0 Å². The maximum atomic E-state index is 12.4. The van der Waals surface area contributed by atoms with E-state index in [1.807, 2.05) is 45.0 Å². The van der Waals surface area contributed by atoms with E-state index in [1.54, 1.807) is 13.0 Å². The number of hydrogen-bond acceptors (Lipinski definition) is 5. The van der Waals surface area contributed by atoms with Gasteiger partial charge in [0.1, 0.15) is 11.2 Å². The van der Waals surface area contributed by atoms with Crippen LogP contribution in [0, 0.1) is 6.92 Å². The van der Waals surface area contributed by atoms with Crippen molar-refractivity contribution < 1.29 is 19.4 Å². The van der Waals surface area contributed by atoms with Gasteiger partial charge in [-0.05, 0) is 63.8 Å². The van der Waals surface area contributed by atoms with Crippen LogP contribution >= 0.6 is 0 Å². The van der Waals surface area contributed by atoms with Crippen LogP contribution in [0.1, 0.15) is 60.4 Å². The number of amides is 1. The Balaban J connectivity index is 1.69. The van der Waals surface area contributed by atoms with Crippen molar-refractivity contribution >= 4 is 12.1 Å². The van der Waals surface area contributed by atoms with Gasteiger partial charge in [-0.2, -0.15) is 5.10 Å². The van der Waals surface area contributed by atoms with Crippen LogP contribution in [0.4, 0.5) is 4.79 Å². The lowest BCUT2D eigenvalue weighted by molar-refractivity contribution is 0.0503. The van der Waals surface area contributed by atoms with E-state index in [9.17, 15) is 14.7 Å². The molecule has 0 spiro atoms. The van der Waals surface area contributed by atoms with Crippen molar-refractivity contribution in [2.24, 2.45) is 0 Å². The molecular weight excluding hydrogens is 408 g/mol. The molecule has 0 bridgehead atoms. The van der Waals surface area contributed by atoms with Gasteiger partial charge in [0.25, 0.3) is 0 Å². The van der Waals surface area contributed by atoms with E-state index in [0.717, 1.165) is 29.7 Å². The molecule has 2 aromatic heterocycles. The number of carboxylic acid groups (broad SMARTS) is 1. The molecule has 3 aromatic rings. The summed E-state index contributed by atoms with van der Waals surface area (Å²) in [4.78, 5) is 28.5. The van der Waals surface area contributed by atoms with Crippen molar-refractivity contribution in [2.45, 2.75) is 52.2 Å². The highest BCUT2D eigenvalue weighted by atomic mass is 16.6. The Hall–Kier alpha value is -3.68. The molecule has 1 atom stereocenters. The van der Waals surface area contributed by atoms with Gasteiger partial charge in [0, 0.05) is 5.56 Å². The highest BCUT2D eigenvalue weighted by Crippen LogP contribution is 2.38. The van der Waals surface area contributed by atoms with Crippen LogP contribution in [-0.4, -0.2) is 37.5 Å². The number of ether oxygens (including phenoxy) is 1. The fourth-order valence-corrected chi connectivity index (χ4v) is 4.05. The van der Waals surface area contributed by atoms with E-state index in [0.29, 0.717) is 11.5 Å². The average Bonchev–Trinajstić information content (AvgIpc) is 3.30. The van der Waals surface area contributed by atoms with Crippen molar-refractivity contribution in [3.63, 3.8) is 0 Å². The summed E-state index contributed by atoms with van der Waals surface area (Å²) in [6.07, 6.45) is 2.52. The van der Waals surface area contributed by atoms with Crippen LogP contribution in [0.25, 0.3) is 17.1 Å². The zero-order valence-corrected chi connectivity index (χ0v) is 18.5. The Bertz CT molecular complexity index is 1190. The van der Waals surface area contributed by atoms with Gasteiger partial charge in [-0.15, -0.1) is 0 Å². The zero-order chi connectivity index (χ0) is 23.0. The maximum Gasteiger partial charge on any atom is 0.408 e. The number of carbonyl (C=O) groups is 2. The summed E-state index contributed by atoms with van der Waals surface area (Å²) in [5.74, 6) is -0.499. The first kappa shape index (κ1) is 21.5. The lowest BCUT2D eigenvalue weighted by Gasteiger charge is -2.23. The minimum Gasteiger partial charge on any atom is -0.478 e. The SMILES string of the molecule is Cc1c(C(=O)O)cnn1-c1cccc(-c2cccc3c2C(NC(=O)OC(C)(C)C)CC3)n1. The number of carbonyl (C=O) groups excluding carboxylic acids is 1. The summed E-state index contributed by atoms with van der Waals surface area (Å²) in [5.41, 5.74) is 3.92. The van der Waals surface area contributed by atoms with E-state index < -0.39 is 17.7 Å². The van der Waals surface area contributed by atoms with Crippen LogP contribution in [-0.2, 0) is 11.2 Å². The Morgan fingerprint density at radius 1 is 1.19 bits per heavy atom. The monoisotopic (exact) mass is 434 g/mol. The summed E-state index contributed by atoms with van der Waals surface area (Å²) in [6, 6.07) is 11.4. The summed E-state index contributed by atoms with van der Waals surface area (Å²) < 4.78 is 6.97. The fourth-order valence-electron chi connectivity index (χ4n) is 4.05. The van der Waals surface area contributed by atoms with Crippen LogP contribution in [0.15, 0.2) is 42.6 Å². The molecule has 0 radical (unpaired) electrons. The number of alkyl carbamates (subject to hydrolysis) is 1. The van der Waals surface area contributed by atoms with Crippen molar-refractivity contribution in [1.29, 1.82) is 0 Å². The number of benzene rings is 1. The van der Waals surface area contributed by atoms with E-state index in [4.69, 9.17) is 9.72 Å². The van der Waals surface area contributed by atoms with Gasteiger partial charge >= 0.3 is 12.1 Å². The predicted octanol–water partition coefficient (Wildman–Crippen LogP) is 4.45. The van der Waals surface area contributed by atoms with Crippen molar-refractivity contribution in [2.75, 3.05) is 0 Å². The second-order valence-corrected chi connectivity index (χ2v) is 8.86. The molecule has 1 aromatic carbocycles. The lowest BCUT2D eigenvalue weighted by Crippen LogP contribution is -2.34.